The summed E-state index contributed by atoms with van der Waals surface area (Å²) in [4.78, 5) is 11.7. The third-order valence-electron chi connectivity index (χ3n) is 2.94. The van der Waals surface area contributed by atoms with E-state index in [9.17, 15) is 13.2 Å². The van der Waals surface area contributed by atoms with Crippen LogP contribution in [0.15, 0.2) is 17.7 Å². The maximum absolute atomic E-state index is 12.7. The van der Waals surface area contributed by atoms with Crippen LogP contribution in [0.2, 0.25) is 0 Å². The van der Waals surface area contributed by atoms with Gasteiger partial charge in [0.2, 0.25) is 7.59 Å². The van der Waals surface area contributed by atoms with E-state index in [1.54, 1.807) is 0 Å². The Bertz CT molecular complexity index is 671. The lowest BCUT2D eigenvalue weighted by atomic mass is 9.97. The van der Waals surface area contributed by atoms with Crippen LogP contribution < -0.4 is 0 Å². The third-order valence-corrected chi connectivity index (χ3v) is 3.96. The molecule has 0 spiro atoms. The van der Waals surface area contributed by atoms with Crippen molar-refractivity contribution < 1.29 is 13.2 Å². The summed E-state index contributed by atoms with van der Waals surface area (Å²) in [5.74, 6) is -0.624. The molecule has 24 heavy (non-hydrogen) atoms. The summed E-state index contributed by atoms with van der Waals surface area (Å²) >= 11 is 34.5. The molecule has 0 saturated carbocycles. The largest absolute Gasteiger partial charge is 0.412 e. The van der Waals surface area contributed by atoms with Gasteiger partial charge in [0.1, 0.15) is 0 Å². The van der Waals surface area contributed by atoms with Crippen molar-refractivity contribution in [2.24, 2.45) is 0 Å². The second-order valence-corrected chi connectivity index (χ2v) is 9.25. The van der Waals surface area contributed by atoms with Crippen molar-refractivity contribution in [2.75, 3.05) is 0 Å². The fourth-order valence-corrected chi connectivity index (χ4v) is 2.34. The molecule has 0 amide bonds. The van der Waals surface area contributed by atoms with E-state index in [0.717, 1.165) is 6.08 Å². The fraction of sp³-hybridized carbons (Fsp3) is 0.417. The highest BCUT2D eigenvalue weighted by Crippen LogP contribution is 2.41. The van der Waals surface area contributed by atoms with Gasteiger partial charge in [-0.2, -0.15) is 13.2 Å². The van der Waals surface area contributed by atoms with Gasteiger partial charge in [0.15, 0.2) is 17.5 Å². The fourth-order valence-electron chi connectivity index (χ4n) is 1.83. The number of nitrogens with zero attached hydrogens (tertiary/aromatic N) is 3. The first kappa shape index (κ1) is 20.3. The molecule has 12 heteroatoms. The van der Waals surface area contributed by atoms with Crippen LogP contribution in [0.3, 0.4) is 0 Å². The highest BCUT2D eigenvalue weighted by Gasteiger charge is 2.36. The van der Waals surface area contributed by atoms with E-state index >= 15 is 0 Å². The number of hydrogen-bond acceptors (Lipinski definition) is 3. The predicted molar refractivity (Wildman–Crippen MR) is 89.7 cm³/mol. The smallest absolute Gasteiger partial charge is 0.209 e. The van der Waals surface area contributed by atoms with Crippen LogP contribution in [-0.4, -0.2) is 21.1 Å². The van der Waals surface area contributed by atoms with Crippen molar-refractivity contribution in [1.29, 1.82) is 0 Å². The number of aromatic nitrogens is 3. The average Bonchev–Trinajstić information content (AvgIpc) is 2.44. The minimum atomic E-state index is -4.40. The molecule has 3 nitrogen and oxygen atoms in total. The maximum Gasteiger partial charge on any atom is 0.412 e. The summed E-state index contributed by atoms with van der Waals surface area (Å²) in [6.07, 6.45) is -2.45. The molecule has 132 valence electrons. The minimum Gasteiger partial charge on any atom is -0.209 e. The molecule has 2 rings (SSSR count). The van der Waals surface area contributed by atoms with Gasteiger partial charge in [0.25, 0.3) is 0 Å². The first-order valence-corrected chi connectivity index (χ1v) is 8.43. The van der Waals surface area contributed by atoms with Gasteiger partial charge in [-0.15, -0.1) is 0 Å². The van der Waals surface area contributed by atoms with Crippen LogP contribution in [0.4, 0.5) is 13.2 Å². The first-order valence-electron chi connectivity index (χ1n) is 6.16. The molecule has 1 aromatic rings. The molecule has 0 unspecified atom stereocenters. The number of allylic oxidation sites excluding steroid dienone is 4. The Morgan fingerprint density at radius 2 is 1.25 bits per heavy atom. The number of hydrogen-bond donors (Lipinski definition) is 0. The highest BCUT2D eigenvalue weighted by atomic mass is 35.6. The SMILES string of the molecule is FC(F)(F)C1=CC=C(c2nc(C(Cl)(Cl)Cl)nc(C(Cl)(Cl)Cl)n2)CC1. The monoisotopic (exact) mass is 459 g/mol. The number of halogens is 9. The molecule has 0 radical (unpaired) electrons. The molecule has 0 aliphatic heterocycles. The normalized spacial score (nSPS) is 16.7. The first-order chi connectivity index (χ1) is 10.8. The minimum absolute atomic E-state index is 0.0218. The molecular formula is C12H6Cl6F3N3. The summed E-state index contributed by atoms with van der Waals surface area (Å²) in [5.41, 5.74) is -0.292. The van der Waals surface area contributed by atoms with E-state index in [4.69, 9.17) is 69.6 Å². The van der Waals surface area contributed by atoms with Gasteiger partial charge in [0.05, 0.1) is 0 Å². The quantitative estimate of drug-likeness (QED) is 0.468. The Hall–Kier alpha value is 0.0200. The Morgan fingerprint density at radius 3 is 1.58 bits per heavy atom. The standard InChI is InChI=1S/C12H6Cl6F3N3/c13-10(14,15)8-22-7(23-9(24-8)11(16,17)18)5-1-3-6(4-2-5)12(19,20)21/h1,3H,2,4H2. The van der Waals surface area contributed by atoms with Gasteiger partial charge in [0, 0.05) is 5.57 Å². The molecule has 1 aliphatic carbocycles. The van der Waals surface area contributed by atoms with Crippen LogP contribution in [0.5, 0.6) is 0 Å². The van der Waals surface area contributed by atoms with Crippen molar-refractivity contribution in [3.63, 3.8) is 0 Å². The Kier molecular flexibility index (Phi) is 5.90. The maximum atomic E-state index is 12.7. The van der Waals surface area contributed by atoms with Crippen molar-refractivity contribution >= 4 is 75.2 Å². The second-order valence-electron chi connectivity index (χ2n) is 4.68. The highest BCUT2D eigenvalue weighted by molar-refractivity contribution is 6.67. The van der Waals surface area contributed by atoms with Crippen LogP contribution in [0.1, 0.15) is 30.3 Å². The molecule has 1 aromatic heterocycles. The molecule has 1 heterocycles. The molecule has 0 fully saturated rings. The lowest BCUT2D eigenvalue weighted by Crippen LogP contribution is -2.19. The third kappa shape index (κ3) is 5.02. The van der Waals surface area contributed by atoms with Gasteiger partial charge >= 0.3 is 6.18 Å². The Morgan fingerprint density at radius 1 is 0.750 bits per heavy atom. The Labute approximate surface area is 164 Å². The molecule has 0 aromatic carbocycles. The van der Waals surface area contributed by atoms with Crippen molar-refractivity contribution in [1.82, 2.24) is 15.0 Å². The molecule has 0 N–H and O–H groups in total. The summed E-state index contributed by atoms with van der Waals surface area (Å²) in [5, 5.41) is 0. The van der Waals surface area contributed by atoms with Crippen LogP contribution >= 0.6 is 69.6 Å². The second kappa shape index (κ2) is 6.97. The van der Waals surface area contributed by atoms with Gasteiger partial charge in [-0.1, -0.05) is 81.8 Å². The summed E-state index contributed by atoms with van der Waals surface area (Å²) in [7, 11) is 0. The molecule has 1 aliphatic rings. The van der Waals surface area contributed by atoms with Gasteiger partial charge in [-0.05, 0) is 18.4 Å². The van der Waals surface area contributed by atoms with Gasteiger partial charge in [-0.25, -0.2) is 15.0 Å². The zero-order valence-electron chi connectivity index (χ0n) is 11.3. The van der Waals surface area contributed by atoms with E-state index in [1.807, 2.05) is 0 Å². The average molecular weight is 462 g/mol. The van der Waals surface area contributed by atoms with E-state index in [2.05, 4.69) is 15.0 Å². The van der Waals surface area contributed by atoms with E-state index < -0.39 is 19.3 Å². The van der Waals surface area contributed by atoms with Gasteiger partial charge in [-0.3, -0.25) is 0 Å². The molecule has 0 bridgehead atoms. The van der Waals surface area contributed by atoms with Crippen molar-refractivity contribution in [2.45, 2.75) is 26.6 Å². The van der Waals surface area contributed by atoms with E-state index in [-0.39, 0.29) is 30.3 Å². The lowest BCUT2D eigenvalue weighted by molar-refractivity contribution is -0.0939. The van der Waals surface area contributed by atoms with Crippen LogP contribution in [-0.2, 0) is 7.59 Å². The van der Waals surface area contributed by atoms with Crippen LogP contribution in [0, 0.1) is 0 Å². The predicted octanol–water partition coefficient (Wildman–Crippen LogP) is 6.19. The Balaban J connectivity index is 2.51. The topological polar surface area (TPSA) is 38.7 Å². The molecule has 0 atom stereocenters. The lowest BCUT2D eigenvalue weighted by Gasteiger charge is -2.19. The van der Waals surface area contributed by atoms with Crippen molar-refractivity contribution in [3.05, 3.63) is 35.2 Å². The number of rotatable bonds is 1. The zero-order valence-corrected chi connectivity index (χ0v) is 15.8. The summed E-state index contributed by atoms with van der Waals surface area (Å²) in [6, 6.07) is 0. The van der Waals surface area contributed by atoms with Crippen LogP contribution in [0.25, 0.3) is 5.57 Å². The molecular weight excluding hydrogens is 456 g/mol. The van der Waals surface area contributed by atoms with Gasteiger partial charge < -0.3 is 0 Å². The molecule has 0 saturated heterocycles. The van der Waals surface area contributed by atoms with Crippen molar-refractivity contribution in [3.8, 4) is 0 Å². The van der Waals surface area contributed by atoms with E-state index in [1.165, 1.54) is 6.08 Å². The number of alkyl halides is 9. The summed E-state index contributed by atoms with van der Waals surface area (Å²) in [6.45, 7) is 0. The van der Waals surface area contributed by atoms with E-state index in [0.29, 0.717) is 5.57 Å². The summed E-state index contributed by atoms with van der Waals surface area (Å²) < 4.78 is 34.0. The zero-order chi connectivity index (χ0) is 18.3.